The van der Waals surface area contributed by atoms with Crippen molar-refractivity contribution in [3.8, 4) is 0 Å². The van der Waals surface area contributed by atoms with Crippen molar-refractivity contribution in [3.63, 3.8) is 0 Å². The molecule has 0 saturated carbocycles. The molecule has 0 bridgehead atoms. The van der Waals surface area contributed by atoms with Crippen LogP contribution in [0.3, 0.4) is 0 Å². The number of aromatic nitrogens is 2. The molecule has 0 saturated heterocycles. The third-order valence-corrected chi connectivity index (χ3v) is 5.05. The number of rotatable bonds is 3. The van der Waals surface area contributed by atoms with Gasteiger partial charge in [0.1, 0.15) is 0 Å². The van der Waals surface area contributed by atoms with Crippen molar-refractivity contribution in [2.24, 2.45) is 0 Å². The van der Waals surface area contributed by atoms with Crippen LogP contribution in [-0.4, -0.2) is 24.3 Å². The smallest absolute Gasteiger partial charge is 0.270 e. The van der Waals surface area contributed by atoms with E-state index in [1.807, 2.05) is 6.07 Å². The maximum atomic E-state index is 12.8. The van der Waals surface area contributed by atoms with Crippen LogP contribution in [0.2, 0.25) is 0 Å². The Morgan fingerprint density at radius 2 is 1.86 bits per heavy atom. The van der Waals surface area contributed by atoms with Crippen molar-refractivity contribution in [1.29, 1.82) is 0 Å². The van der Waals surface area contributed by atoms with Gasteiger partial charge in [-0.2, -0.15) is 0 Å². The van der Waals surface area contributed by atoms with Gasteiger partial charge in [0.15, 0.2) is 0 Å². The molecule has 0 atom stereocenters. The maximum absolute atomic E-state index is 12.8. The van der Waals surface area contributed by atoms with Gasteiger partial charge in [-0.25, -0.2) is 12.7 Å². The average Bonchev–Trinajstić information content (AvgIpc) is 2.95. The standard InChI is InChI=1S/C15H13N3O3S/c1-11(19)18(13-5-7-16-8-6-13)22(20,21)14-3-2-12-4-9-17-15(12)10-14/h2-10,17H,1H3. The van der Waals surface area contributed by atoms with Gasteiger partial charge in [0, 0.05) is 31.0 Å². The van der Waals surface area contributed by atoms with E-state index >= 15 is 0 Å². The highest BCUT2D eigenvalue weighted by molar-refractivity contribution is 7.93. The molecule has 112 valence electrons. The molecule has 1 N–H and O–H groups in total. The molecule has 0 aliphatic heterocycles. The summed E-state index contributed by atoms with van der Waals surface area (Å²) in [6.45, 7) is 1.21. The van der Waals surface area contributed by atoms with Gasteiger partial charge in [-0.1, -0.05) is 6.07 Å². The number of benzene rings is 1. The normalized spacial score (nSPS) is 11.5. The zero-order valence-corrected chi connectivity index (χ0v) is 12.5. The fourth-order valence-electron chi connectivity index (χ4n) is 2.26. The minimum absolute atomic E-state index is 0.0504. The van der Waals surface area contributed by atoms with Crippen LogP contribution in [0, 0.1) is 0 Å². The van der Waals surface area contributed by atoms with Crippen LogP contribution in [0.4, 0.5) is 5.69 Å². The first kappa shape index (κ1) is 14.3. The third-order valence-electron chi connectivity index (χ3n) is 3.25. The van der Waals surface area contributed by atoms with Crippen molar-refractivity contribution < 1.29 is 13.2 Å². The SMILES string of the molecule is CC(=O)N(c1ccncc1)S(=O)(=O)c1ccc2cc[nH]c2c1. The molecule has 0 fully saturated rings. The number of anilines is 1. The minimum Gasteiger partial charge on any atom is -0.361 e. The Balaban J connectivity index is 2.15. The molecule has 22 heavy (non-hydrogen) atoms. The van der Waals surface area contributed by atoms with Gasteiger partial charge in [-0.3, -0.25) is 9.78 Å². The summed E-state index contributed by atoms with van der Waals surface area (Å²) in [7, 11) is -3.99. The van der Waals surface area contributed by atoms with E-state index < -0.39 is 15.9 Å². The lowest BCUT2D eigenvalue weighted by Crippen LogP contribution is -2.35. The van der Waals surface area contributed by atoms with Crippen molar-refractivity contribution in [3.05, 3.63) is 55.0 Å². The number of amides is 1. The number of pyridine rings is 1. The predicted octanol–water partition coefficient (Wildman–Crippen LogP) is 2.30. The van der Waals surface area contributed by atoms with E-state index in [1.165, 1.54) is 43.6 Å². The molecule has 2 heterocycles. The lowest BCUT2D eigenvalue weighted by molar-refractivity contribution is -0.115. The number of H-pyrrole nitrogens is 1. The number of nitrogens with zero attached hydrogens (tertiary/aromatic N) is 2. The summed E-state index contributed by atoms with van der Waals surface area (Å²) in [5.74, 6) is -0.585. The van der Waals surface area contributed by atoms with Crippen LogP contribution >= 0.6 is 0 Å². The number of fused-ring (bicyclic) bond motifs is 1. The number of carbonyl (C=O) groups is 1. The summed E-state index contributed by atoms with van der Waals surface area (Å²) in [4.78, 5) is 18.7. The van der Waals surface area contributed by atoms with E-state index in [-0.39, 0.29) is 10.6 Å². The maximum Gasteiger partial charge on any atom is 0.270 e. The minimum atomic E-state index is -3.99. The summed E-state index contributed by atoms with van der Waals surface area (Å²) >= 11 is 0. The van der Waals surface area contributed by atoms with Crippen LogP contribution in [0.15, 0.2) is 59.9 Å². The molecule has 6 nitrogen and oxygen atoms in total. The van der Waals surface area contributed by atoms with Gasteiger partial charge < -0.3 is 4.98 Å². The van der Waals surface area contributed by atoms with E-state index in [4.69, 9.17) is 0 Å². The van der Waals surface area contributed by atoms with Crippen LogP contribution in [0.1, 0.15) is 6.92 Å². The molecule has 1 aromatic carbocycles. The van der Waals surface area contributed by atoms with E-state index in [0.717, 1.165) is 9.69 Å². The van der Waals surface area contributed by atoms with Crippen molar-refractivity contribution in [1.82, 2.24) is 9.97 Å². The number of hydrogen-bond donors (Lipinski definition) is 1. The zero-order valence-electron chi connectivity index (χ0n) is 11.7. The van der Waals surface area contributed by atoms with Gasteiger partial charge in [-0.05, 0) is 35.7 Å². The second-order valence-electron chi connectivity index (χ2n) is 4.72. The van der Waals surface area contributed by atoms with Gasteiger partial charge in [0.25, 0.3) is 10.0 Å². The second kappa shape index (κ2) is 5.27. The van der Waals surface area contributed by atoms with Crippen LogP contribution in [0.25, 0.3) is 10.9 Å². The van der Waals surface area contributed by atoms with Crippen molar-refractivity contribution in [2.45, 2.75) is 11.8 Å². The molecule has 2 aromatic heterocycles. The fourth-order valence-corrected chi connectivity index (χ4v) is 3.72. The van der Waals surface area contributed by atoms with Crippen molar-refractivity contribution in [2.75, 3.05) is 4.31 Å². The molecule has 0 radical (unpaired) electrons. The Morgan fingerprint density at radius 1 is 1.14 bits per heavy atom. The molecule has 3 aromatic rings. The van der Waals surface area contributed by atoms with Crippen molar-refractivity contribution >= 4 is 32.5 Å². The van der Waals surface area contributed by atoms with Gasteiger partial charge in [0.05, 0.1) is 10.6 Å². The highest BCUT2D eigenvalue weighted by Gasteiger charge is 2.28. The van der Waals surface area contributed by atoms with Crippen LogP contribution in [0.5, 0.6) is 0 Å². The lowest BCUT2D eigenvalue weighted by atomic mass is 10.2. The highest BCUT2D eigenvalue weighted by Crippen LogP contribution is 2.25. The Bertz CT molecular complexity index is 933. The number of nitrogens with one attached hydrogen (secondary N) is 1. The average molecular weight is 315 g/mol. The predicted molar refractivity (Wildman–Crippen MR) is 82.9 cm³/mol. The number of hydrogen-bond acceptors (Lipinski definition) is 4. The highest BCUT2D eigenvalue weighted by atomic mass is 32.2. The molecule has 0 aliphatic carbocycles. The summed E-state index contributed by atoms with van der Waals surface area (Å²) < 4.78 is 26.4. The topological polar surface area (TPSA) is 83.1 Å². The summed E-state index contributed by atoms with van der Waals surface area (Å²) in [5, 5.41) is 0.900. The molecular weight excluding hydrogens is 302 g/mol. The first-order valence-corrected chi connectivity index (χ1v) is 7.97. The van der Waals surface area contributed by atoms with E-state index in [0.29, 0.717) is 5.52 Å². The van der Waals surface area contributed by atoms with Crippen LogP contribution < -0.4 is 4.31 Å². The second-order valence-corrected chi connectivity index (χ2v) is 6.51. The summed E-state index contributed by atoms with van der Waals surface area (Å²) in [5.41, 5.74) is 0.952. The first-order chi connectivity index (χ1) is 10.5. The Hall–Kier alpha value is -2.67. The van der Waals surface area contributed by atoms with Gasteiger partial charge >= 0.3 is 0 Å². The van der Waals surface area contributed by atoms with E-state index in [2.05, 4.69) is 9.97 Å². The zero-order chi connectivity index (χ0) is 15.7. The quantitative estimate of drug-likeness (QED) is 0.804. The molecule has 0 spiro atoms. The van der Waals surface area contributed by atoms with E-state index in [1.54, 1.807) is 12.3 Å². The molecule has 3 rings (SSSR count). The fraction of sp³-hybridized carbons (Fsp3) is 0.0667. The molecular formula is C15H13N3O3S. The summed E-state index contributed by atoms with van der Waals surface area (Å²) in [6.07, 6.45) is 4.61. The summed E-state index contributed by atoms with van der Waals surface area (Å²) in [6, 6.07) is 9.50. The molecule has 7 heteroatoms. The molecule has 0 aliphatic rings. The Morgan fingerprint density at radius 3 is 2.55 bits per heavy atom. The van der Waals surface area contributed by atoms with Crippen LogP contribution in [-0.2, 0) is 14.8 Å². The number of sulfonamides is 1. The van der Waals surface area contributed by atoms with E-state index in [9.17, 15) is 13.2 Å². The third kappa shape index (κ3) is 2.35. The number of aromatic amines is 1. The Labute approximate surface area is 127 Å². The first-order valence-electron chi connectivity index (χ1n) is 6.53. The largest absolute Gasteiger partial charge is 0.361 e. The number of carbonyl (C=O) groups excluding carboxylic acids is 1. The molecule has 1 amide bonds. The van der Waals surface area contributed by atoms with Gasteiger partial charge in [-0.15, -0.1) is 0 Å². The lowest BCUT2D eigenvalue weighted by Gasteiger charge is -2.20. The Kier molecular flexibility index (Phi) is 3.42. The monoisotopic (exact) mass is 315 g/mol. The molecule has 0 unspecified atom stereocenters. The van der Waals surface area contributed by atoms with Gasteiger partial charge in [0.2, 0.25) is 5.91 Å².